The lowest BCUT2D eigenvalue weighted by Crippen LogP contribution is -1.92. The topological polar surface area (TPSA) is 61.0 Å². The monoisotopic (exact) mass is 449 g/mol. The summed E-state index contributed by atoms with van der Waals surface area (Å²) < 4.78 is 37.9. The second-order valence-electron chi connectivity index (χ2n) is 4.35. The van der Waals surface area contributed by atoms with Crippen molar-refractivity contribution in [2.45, 2.75) is 0 Å². The molecule has 0 aliphatic carbocycles. The minimum Gasteiger partial charge on any atom is -0.480 e. The number of nitrogens with zero attached hydrogens (tertiary/aromatic N) is 3. The van der Waals surface area contributed by atoms with Gasteiger partial charge in [0.25, 0.3) is 11.8 Å². The molecule has 5 nitrogen and oxygen atoms in total. The van der Waals surface area contributed by atoms with Gasteiger partial charge in [0.15, 0.2) is 5.82 Å². The molecule has 0 saturated carbocycles. The molecule has 118 valence electrons. The van der Waals surface area contributed by atoms with E-state index in [4.69, 9.17) is 20.8 Å². The summed E-state index contributed by atoms with van der Waals surface area (Å²) in [4.78, 5) is 3.99. The molecule has 2 heterocycles. The summed E-state index contributed by atoms with van der Waals surface area (Å²) in [7, 11) is 1.43. The lowest BCUT2D eigenvalue weighted by Gasteiger charge is -2.04. The van der Waals surface area contributed by atoms with Crippen molar-refractivity contribution < 1.29 is 17.9 Å². The van der Waals surface area contributed by atoms with Crippen LogP contribution in [0.15, 0.2) is 28.8 Å². The second-order valence-corrected chi connectivity index (χ2v) is 5.86. The standard InChI is InChI=1S/C14H7ClF2IN3O2/c1-22-12-8(4-6(15)5-19-12)14-21-20-13(23-14)7-2-3-9(16)11(18)10(7)17/h2-5H,1H3. The van der Waals surface area contributed by atoms with Crippen LogP contribution in [0.4, 0.5) is 8.78 Å². The quantitative estimate of drug-likeness (QED) is 0.440. The van der Waals surface area contributed by atoms with Gasteiger partial charge in [0.1, 0.15) is 11.4 Å². The minimum absolute atomic E-state index is 0.00324. The molecule has 23 heavy (non-hydrogen) atoms. The van der Waals surface area contributed by atoms with Crippen LogP contribution in [-0.4, -0.2) is 22.3 Å². The normalized spacial score (nSPS) is 10.8. The van der Waals surface area contributed by atoms with Gasteiger partial charge in [-0.05, 0) is 40.8 Å². The van der Waals surface area contributed by atoms with Crippen LogP contribution in [0.3, 0.4) is 0 Å². The Hall–Kier alpha value is -1.81. The van der Waals surface area contributed by atoms with E-state index in [1.54, 1.807) is 22.6 Å². The Balaban J connectivity index is 2.08. The highest BCUT2D eigenvalue weighted by molar-refractivity contribution is 14.1. The van der Waals surface area contributed by atoms with Crippen LogP contribution in [0.5, 0.6) is 5.88 Å². The van der Waals surface area contributed by atoms with E-state index in [9.17, 15) is 8.78 Å². The van der Waals surface area contributed by atoms with Crippen LogP contribution < -0.4 is 4.74 Å². The molecule has 0 amide bonds. The van der Waals surface area contributed by atoms with Gasteiger partial charge in [-0.15, -0.1) is 10.2 Å². The van der Waals surface area contributed by atoms with Gasteiger partial charge in [0.2, 0.25) is 5.88 Å². The van der Waals surface area contributed by atoms with Gasteiger partial charge in [-0.3, -0.25) is 0 Å². The zero-order valence-corrected chi connectivity index (χ0v) is 14.4. The summed E-state index contributed by atoms with van der Waals surface area (Å²) in [6, 6.07) is 3.90. The van der Waals surface area contributed by atoms with E-state index in [1.165, 1.54) is 25.4 Å². The van der Waals surface area contributed by atoms with Crippen molar-refractivity contribution in [3.63, 3.8) is 0 Å². The van der Waals surface area contributed by atoms with Gasteiger partial charge >= 0.3 is 0 Å². The first-order chi connectivity index (χ1) is 11.0. The molecule has 0 unspecified atom stereocenters. The van der Waals surface area contributed by atoms with Gasteiger partial charge in [0.05, 0.1) is 21.3 Å². The van der Waals surface area contributed by atoms with Crippen molar-refractivity contribution in [3.8, 4) is 28.8 Å². The number of halogens is 4. The third-order valence-corrected chi connectivity index (χ3v) is 4.13. The van der Waals surface area contributed by atoms with Crippen LogP contribution in [0.2, 0.25) is 5.02 Å². The largest absolute Gasteiger partial charge is 0.480 e. The van der Waals surface area contributed by atoms with Crippen molar-refractivity contribution >= 4 is 34.2 Å². The van der Waals surface area contributed by atoms with Crippen LogP contribution >= 0.6 is 34.2 Å². The predicted molar refractivity (Wildman–Crippen MR) is 87.2 cm³/mol. The average molecular weight is 450 g/mol. The third kappa shape index (κ3) is 3.00. The molecule has 0 radical (unpaired) electrons. The Morgan fingerprint density at radius 3 is 2.57 bits per heavy atom. The molecule has 0 aliphatic heterocycles. The number of rotatable bonds is 3. The average Bonchev–Trinajstić information content (AvgIpc) is 3.02. The van der Waals surface area contributed by atoms with Crippen LogP contribution in [0, 0.1) is 15.2 Å². The Morgan fingerprint density at radius 1 is 1.17 bits per heavy atom. The zero-order chi connectivity index (χ0) is 16.6. The highest BCUT2D eigenvalue weighted by Gasteiger charge is 2.20. The maximum absolute atomic E-state index is 14.1. The van der Waals surface area contributed by atoms with Gasteiger partial charge in [-0.2, -0.15) is 0 Å². The van der Waals surface area contributed by atoms with E-state index >= 15 is 0 Å². The SMILES string of the molecule is COc1ncc(Cl)cc1-c1nnc(-c2ccc(F)c(I)c2F)o1. The number of pyridine rings is 1. The van der Waals surface area contributed by atoms with E-state index in [2.05, 4.69) is 15.2 Å². The number of hydrogen-bond acceptors (Lipinski definition) is 5. The van der Waals surface area contributed by atoms with Crippen molar-refractivity contribution in [2.75, 3.05) is 7.11 Å². The summed E-state index contributed by atoms with van der Waals surface area (Å²) in [5.41, 5.74) is 0.375. The highest BCUT2D eigenvalue weighted by atomic mass is 127. The molecule has 9 heteroatoms. The number of methoxy groups -OCH3 is 1. The molecule has 0 spiro atoms. The van der Waals surface area contributed by atoms with E-state index < -0.39 is 11.6 Å². The zero-order valence-electron chi connectivity index (χ0n) is 11.5. The molecule has 0 fully saturated rings. The maximum Gasteiger partial charge on any atom is 0.253 e. The molecular weight excluding hydrogens is 443 g/mol. The number of ether oxygens (including phenoxy) is 1. The Morgan fingerprint density at radius 2 is 1.87 bits per heavy atom. The fourth-order valence-corrected chi connectivity index (χ4v) is 2.50. The number of benzene rings is 1. The molecular formula is C14H7ClF2IN3O2. The smallest absolute Gasteiger partial charge is 0.253 e. The molecule has 1 aromatic carbocycles. The van der Waals surface area contributed by atoms with Crippen LogP contribution in [-0.2, 0) is 0 Å². The van der Waals surface area contributed by atoms with E-state index in [1.807, 2.05) is 0 Å². The molecule has 0 saturated heterocycles. The fourth-order valence-electron chi connectivity index (χ4n) is 1.87. The Labute approximate surface area is 147 Å². The third-order valence-electron chi connectivity index (χ3n) is 2.93. The summed E-state index contributed by atoms with van der Waals surface area (Å²) in [5, 5.41) is 7.99. The molecule has 0 aliphatic rings. The summed E-state index contributed by atoms with van der Waals surface area (Å²) in [5.74, 6) is -1.22. The van der Waals surface area contributed by atoms with Crippen molar-refractivity contribution in [1.82, 2.24) is 15.2 Å². The molecule has 2 aromatic heterocycles. The first-order valence-corrected chi connectivity index (χ1v) is 7.64. The van der Waals surface area contributed by atoms with Crippen LogP contribution in [0.1, 0.15) is 0 Å². The number of hydrogen-bond donors (Lipinski definition) is 0. The summed E-state index contributed by atoms with van der Waals surface area (Å²) in [6.45, 7) is 0. The van der Waals surface area contributed by atoms with Gasteiger partial charge in [-0.25, -0.2) is 13.8 Å². The van der Waals surface area contributed by atoms with E-state index in [0.29, 0.717) is 10.6 Å². The number of aromatic nitrogens is 3. The predicted octanol–water partition coefficient (Wildman–Crippen LogP) is 4.34. The summed E-state index contributed by atoms with van der Waals surface area (Å²) in [6.07, 6.45) is 1.41. The minimum atomic E-state index is -0.767. The van der Waals surface area contributed by atoms with Crippen molar-refractivity contribution in [3.05, 3.63) is 44.6 Å². The van der Waals surface area contributed by atoms with E-state index in [0.717, 1.165) is 6.07 Å². The van der Waals surface area contributed by atoms with Crippen LogP contribution in [0.25, 0.3) is 22.9 Å². The van der Waals surface area contributed by atoms with Gasteiger partial charge in [0, 0.05) is 6.20 Å². The molecule has 0 N–H and O–H groups in total. The highest BCUT2D eigenvalue weighted by Crippen LogP contribution is 2.33. The van der Waals surface area contributed by atoms with Crippen molar-refractivity contribution in [2.24, 2.45) is 0 Å². The lowest BCUT2D eigenvalue weighted by atomic mass is 10.2. The fraction of sp³-hybridized carbons (Fsp3) is 0.0714. The second kappa shape index (κ2) is 6.36. The Kier molecular flexibility index (Phi) is 4.44. The molecule has 0 atom stereocenters. The van der Waals surface area contributed by atoms with Crippen molar-refractivity contribution in [1.29, 1.82) is 0 Å². The lowest BCUT2D eigenvalue weighted by molar-refractivity contribution is 0.397. The molecule has 3 aromatic rings. The summed E-state index contributed by atoms with van der Waals surface area (Å²) >= 11 is 7.47. The molecule has 3 rings (SSSR count). The first-order valence-electron chi connectivity index (χ1n) is 6.18. The first kappa shape index (κ1) is 16.1. The van der Waals surface area contributed by atoms with Gasteiger partial charge in [-0.1, -0.05) is 11.6 Å². The Bertz CT molecular complexity index is 888. The molecule has 0 bridgehead atoms. The van der Waals surface area contributed by atoms with E-state index in [-0.39, 0.29) is 26.8 Å². The maximum atomic E-state index is 14.1. The van der Waals surface area contributed by atoms with Gasteiger partial charge < -0.3 is 9.15 Å².